The van der Waals surface area contributed by atoms with E-state index in [1.165, 1.54) is 18.2 Å². The third kappa shape index (κ3) is 3.22. The lowest BCUT2D eigenvalue weighted by atomic mass is 9.85. The van der Waals surface area contributed by atoms with Crippen molar-refractivity contribution < 1.29 is 14.3 Å². The lowest BCUT2D eigenvalue weighted by molar-refractivity contribution is -0.146. The largest absolute Gasteiger partial charge is 0.469 e. The highest BCUT2D eigenvalue weighted by Gasteiger charge is 2.34. The number of aryl methyl sites for hydroxylation is 1. The Hall–Kier alpha value is -1.56. The van der Waals surface area contributed by atoms with Gasteiger partial charge in [-0.15, -0.1) is 0 Å². The number of carbonyl (C=O) groups is 2. The van der Waals surface area contributed by atoms with Crippen LogP contribution < -0.4 is 5.32 Å². The number of fused-ring (bicyclic) bond motifs is 1. The summed E-state index contributed by atoms with van der Waals surface area (Å²) in [5.41, 5.74) is 3.23. The molecule has 6 heteroatoms. The molecule has 0 atom stereocenters. The molecule has 1 N–H and O–H groups in total. The molecule has 0 spiro atoms. The van der Waals surface area contributed by atoms with E-state index in [0.717, 1.165) is 35.8 Å². The summed E-state index contributed by atoms with van der Waals surface area (Å²) in [5, 5.41) is 3.00. The molecule has 1 aliphatic heterocycles. The Morgan fingerprint density at radius 2 is 2.00 bits per heavy atom. The first-order valence-corrected chi connectivity index (χ1v) is 8.73. The van der Waals surface area contributed by atoms with E-state index in [4.69, 9.17) is 4.74 Å². The highest BCUT2D eigenvalue weighted by Crippen LogP contribution is 2.35. The Morgan fingerprint density at radius 3 is 2.65 bits per heavy atom. The fourth-order valence-corrected chi connectivity index (χ4v) is 4.18. The van der Waals surface area contributed by atoms with Crippen LogP contribution in [0.15, 0.2) is 16.6 Å². The van der Waals surface area contributed by atoms with Crippen LogP contribution in [0.3, 0.4) is 0 Å². The summed E-state index contributed by atoms with van der Waals surface area (Å²) in [6.07, 6.45) is 3.26. The lowest BCUT2D eigenvalue weighted by Crippen LogP contribution is -2.47. The van der Waals surface area contributed by atoms with Gasteiger partial charge in [0, 0.05) is 16.2 Å². The van der Waals surface area contributed by atoms with Gasteiger partial charge in [0.25, 0.3) is 0 Å². The van der Waals surface area contributed by atoms with Crippen molar-refractivity contribution in [3.05, 3.63) is 27.7 Å². The van der Waals surface area contributed by atoms with E-state index in [-0.39, 0.29) is 24.0 Å². The minimum atomic E-state index is -0.127. The molecular formula is C17H21BrN2O3. The molecule has 0 saturated heterocycles. The maximum atomic E-state index is 12.5. The summed E-state index contributed by atoms with van der Waals surface area (Å²) in [6, 6.07) is 4.16. The predicted molar refractivity (Wildman–Crippen MR) is 91.2 cm³/mol. The van der Waals surface area contributed by atoms with Crippen molar-refractivity contribution >= 4 is 33.6 Å². The first-order chi connectivity index (χ1) is 11.0. The number of benzene rings is 1. The highest BCUT2D eigenvalue weighted by atomic mass is 79.9. The van der Waals surface area contributed by atoms with Crippen molar-refractivity contribution in [2.24, 2.45) is 5.92 Å². The number of ether oxygens (including phenoxy) is 1. The summed E-state index contributed by atoms with van der Waals surface area (Å²) in [6.45, 7) is 2.70. The topological polar surface area (TPSA) is 58.6 Å². The SMILES string of the molecule is COC(=O)C1CCC(N2Cc3c(C)cc(Br)cc3NC2=O)CC1. The fourth-order valence-electron chi connectivity index (χ4n) is 3.61. The number of amides is 2. The zero-order valence-electron chi connectivity index (χ0n) is 13.4. The Kier molecular flexibility index (Phi) is 4.62. The summed E-state index contributed by atoms with van der Waals surface area (Å²) in [7, 11) is 1.43. The van der Waals surface area contributed by atoms with E-state index in [9.17, 15) is 9.59 Å². The minimum Gasteiger partial charge on any atom is -0.469 e. The van der Waals surface area contributed by atoms with Gasteiger partial charge in [-0.05, 0) is 55.9 Å². The second-order valence-electron chi connectivity index (χ2n) is 6.34. The normalized spacial score (nSPS) is 24.0. The number of urea groups is 1. The van der Waals surface area contributed by atoms with Crippen LogP contribution in [0, 0.1) is 12.8 Å². The average molecular weight is 381 g/mol. The number of hydrogen-bond donors (Lipinski definition) is 1. The molecule has 0 bridgehead atoms. The number of halogens is 1. The van der Waals surface area contributed by atoms with Crippen molar-refractivity contribution in [2.75, 3.05) is 12.4 Å². The molecule has 2 amide bonds. The molecule has 1 aromatic carbocycles. The van der Waals surface area contributed by atoms with Gasteiger partial charge < -0.3 is 15.0 Å². The molecule has 0 radical (unpaired) electrons. The van der Waals surface area contributed by atoms with Crippen molar-refractivity contribution in [3.63, 3.8) is 0 Å². The Labute approximate surface area is 144 Å². The number of nitrogens with zero attached hydrogens (tertiary/aromatic N) is 1. The number of hydrogen-bond acceptors (Lipinski definition) is 3. The molecule has 0 aromatic heterocycles. The number of nitrogens with one attached hydrogen (secondary N) is 1. The van der Waals surface area contributed by atoms with Crippen molar-refractivity contribution in [3.8, 4) is 0 Å². The van der Waals surface area contributed by atoms with Gasteiger partial charge >= 0.3 is 12.0 Å². The monoisotopic (exact) mass is 380 g/mol. The first kappa shape index (κ1) is 16.3. The lowest BCUT2D eigenvalue weighted by Gasteiger charge is -2.39. The molecule has 1 aliphatic carbocycles. The average Bonchev–Trinajstić information content (AvgIpc) is 2.53. The molecule has 0 unspecified atom stereocenters. The van der Waals surface area contributed by atoms with Gasteiger partial charge in [-0.3, -0.25) is 4.79 Å². The summed E-state index contributed by atoms with van der Waals surface area (Å²) in [5.74, 6) is -0.147. The van der Waals surface area contributed by atoms with E-state index in [1.54, 1.807) is 0 Å². The predicted octanol–water partition coefficient (Wildman–Crippen LogP) is 3.84. The molecule has 124 valence electrons. The van der Waals surface area contributed by atoms with Crippen LogP contribution in [0.1, 0.15) is 36.8 Å². The smallest absolute Gasteiger partial charge is 0.322 e. The van der Waals surface area contributed by atoms with Gasteiger partial charge in [0.1, 0.15) is 0 Å². The molecule has 1 fully saturated rings. The number of esters is 1. The summed E-state index contributed by atoms with van der Waals surface area (Å²) in [4.78, 5) is 26.0. The maximum Gasteiger partial charge on any atom is 0.322 e. The van der Waals surface area contributed by atoms with Gasteiger partial charge in [0.15, 0.2) is 0 Å². The second kappa shape index (κ2) is 6.51. The Bertz CT molecular complexity index is 639. The molecular weight excluding hydrogens is 360 g/mol. The van der Waals surface area contributed by atoms with Crippen LogP contribution in [0.25, 0.3) is 0 Å². The van der Waals surface area contributed by atoms with E-state index in [2.05, 4.69) is 34.2 Å². The standard InChI is InChI=1S/C17H21BrN2O3/c1-10-7-12(18)8-15-14(10)9-20(17(22)19-15)13-5-3-11(4-6-13)16(21)23-2/h7-8,11,13H,3-6,9H2,1-2H3,(H,19,22). The number of rotatable bonds is 2. The summed E-state index contributed by atoms with van der Waals surface area (Å²) >= 11 is 3.47. The summed E-state index contributed by atoms with van der Waals surface area (Å²) < 4.78 is 5.80. The van der Waals surface area contributed by atoms with Crippen LogP contribution in [-0.4, -0.2) is 30.1 Å². The molecule has 3 rings (SSSR count). The highest BCUT2D eigenvalue weighted by molar-refractivity contribution is 9.10. The molecule has 1 heterocycles. The maximum absolute atomic E-state index is 12.5. The van der Waals surface area contributed by atoms with Crippen LogP contribution >= 0.6 is 15.9 Å². The molecule has 23 heavy (non-hydrogen) atoms. The van der Waals surface area contributed by atoms with Crippen LogP contribution in [0.4, 0.5) is 10.5 Å². The molecule has 1 aromatic rings. The van der Waals surface area contributed by atoms with Crippen molar-refractivity contribution in [1.82, 2.24) is 4.90 Å². The van der Waals surface area contributed by atoms with Gasteiger partial charge in [0.05, 0.1) is 19.6 Å². The quantitative estimate of drug-likeness (QED) is 0.792. The molecule has 5 nitrogen and oxygen atoms in total. The van der Waals surface area contributed by atoms with Crippen molar-refractivity contribution in [2.45, 2.75) is 45.2 Å². The van der Waals surface area contributed by atoms with E-state index >= 15 is 0 Å². The minimum absolute atomic E-state index is 0.0194. The van der Waals surface area contributed by atoms with E-state index < -0.39 is 0 Å². The van der Waals surface area contributed by atoms with Gasteiger partial charge in [0.2, 0.25) is 0 Å². The third-order valence-corrected chi connectivity index (χ3v) is 5.40. The van der Waals surface area contributed by atoms with E-state index in [0.29, 0.717) is 6.54 Å². The zero-order chi connectivity index (χ0) is 16.6. The fraction of sp³-hybridized carbons (Fsp3) is 0.529. The van der Waals surface area contributed by atoms with E-state index in [1.807, 2.05) is 11.0 Å². The Balaban J connectivity index is 1.73. The number of anilines is 1. The molecule has 1 saturated carbocycles. The Morgan fingerprint density at radius 1 is 1.30 bits per heavy atom. The molecule has 2 aliphatic rings. The van der Waals surface area contributed by atoms with Gasteiger partial charge in [-0.1, -0.05) is 15.9 Å². The number of carbonyl (C=O) groups excluding carboxylic acids is 2. The third-order valence-electron chi connectivity index (χ3n) is 4.94. The second-order valence-corrected chi connectivity index (χ2v) is 7.25. The zero-order valence-corrected chi connectivity index (χ0v) is 15.0. The first-order valence-electron chi connectivity index (χ1n) is 7.94. The van der Waals surface area contributed by atoms with Crippen LogP contribution in [0.2, 0.25) is 0 Å². The van der Waals surface area contributed by atoms with Gasteiger partial charge in [-0.25, -0.2) is 4.79 Å². The number of methoxy groups -OCH3 is 1. The van der Waals surface area contributed by atoms with Crippen LogP contribution in [-0.2, 0) is 16.1 Å². The van der Waals surface area contributed by atoms with Crippen LogP contribution in [0.5, 0.6) is 0 Å². The van der Waals surface area contributed by atoms with Crippen molar-refractivity contribution in [1.29, 1.82) is 0 Å². The van der Waals surface area contributed by atoms with Gasteiger partial charge in [-0.2, -0.15) is 0 Å².